The Balaban J connectivity index is 1.66. The van der Waals surface area contributed by atoms with Crippen molar-refractivity contribution < 1.29 is 4.74 Å². The lowest BCUT2D eigenvalue weighted by Crippen LogP contribution is -2.20. The van der Waals surface area contributed by atoms with Gasteiger partial charge >= 0.3 is 0 Å². The summed E-state index contributed by atoms with van der Waals surface area (Å²) in [6, 6.07) is 8.42. The van der Waals surface area contributed by atoms with Crippen LogP contribution in [-0.4, -0.2) is 6.61 Å². The van der Waals surface area contributed by atoms with E-state index in [1.54, 1.807) is 0 Å². The maximum atomic E-state index is 5.89. The molecule has 1 fully saturated rings. The molecule has 1 aliphatic rings. The molecule has 0 aromatic heterocycles. The summed E-state index contributed by atoms with van der Waals surface area (Å²) < 4.78 is 5.89. The zero-order valence-corrected chi connectivity index (χ0v) is 14.7. The van der Waals surface area contributed by atoms with Gasteiger partial charge in [0.2, 0.25) is 0 Å². The summed E-state index contributed by atoms with van der Waals surface area (Å²) in [4.78, 5) is 0. The first-order valence-corrected chi connectivity index (χ1v) is 9.49. The molecule has 124 valence electrons. The number of aryl methyl sites for hydroxylation is 1. The van der Waals surface area contributed by atoms with Gasteiger partial charge in [0.15, 0.2) is 0 Å². The van der Waals surface area contributed by atoms with E-state index in [1.807, 2.05) is 0 Å². The van der Waals surface area contributed by atoms with E-state index in [4.69, 9.17) is 4.74 Å². The molecule has 2 rings (SSSR count). The van der Waals surface area contributed by atoms with Crippen LogP contribution in [0.5, 0.6) is 5.75 Å². The molecule has 0 bridgehead atoms. The number of ether oxygens (including phenoxy) is 1. The van der Waals surface area contributed by atoms with Gasteiger partial charge in [0.05, 0.1) is 6.61 Å². The Bertz CT molecular complexity index is 395. The Morgan fingerprint density at radius 1 is 0.909 bits per heavy atom. The summed E-state index contributed by atoms with van der Waals surface area (Å²) >= 11 is 0. The first kappa shape index (κ1) is 17.4. The predicted molar refractivity (Wildman–Crippen MR) is 95.5 cm³/mol. The van der Waals surface area contributed by atoms with Crippen LogP contribution in [0.1, 0.15) is 76.7 Å². The summed E-state index contributed by atoms with van der Waals surface area (Å²) in [6.45, 7) is 5.30. The zero-order chi connectivity index (χ0) is 15.6. The highest BCUT2D eigenvalue weighted by molar-refractivity contribution is 5.26. The quantitative estimate of drug-likeness (QED) is 0.470. The van der Waals surface area contributed by atoms with Crippen molar-refractivity contribution in [2.75, 3.05) is 6.61 Å². The van der Waals surface area contributed by atoms with E-state index in [9.17, 15) is 0 Å². The normalized spacial score (nSPS) is 21.7. The van der Waals surface area contributed by atoms with Gasteiger partial charge in [0, 0.05) is 0 Å². The molecule has 0 radical (unpaired) electrons. The van der Waals surface area contributed by atoms with E-state index in [0.717, 1.165) is 24.2 Å². The van der Waals surface area contributed by atoms with Crippen LogP contribution in [0.3, 0.4) is 0 Å². The Hall–Kier alpha value is -0.980. The monoisotopic (exact) mass is 302 g/mol. The number of rotatable bonds is 9. The molecule has 0 spiro atoms. The van der Waals surface area contributed by atoms with Crippen LogP contribution in [0, 0.1) is 18.8 Å². The first-order valence-electron chi connectivity index (χ1n) is 9.49. The molecule has 0 saturated heterocycles. The van der Waals surface area contributed by atoms with Crippen LogP contribution in [0.25, 0.3) is 0 Å². The fourth-order valence-electron chi connectivity index (χ4n) is 3.87. The Morgan fingerprint density at radius 3 is 2.18 bits per heavy atom. The average molecular weight is 303 g/mol. The molecule has 1 saturated carbocycles. The maximum Gasteiger partial charge on any atom is 0.119 e. The van der Waals surface area contributed by atoms with Gasteiger partial charge in [-0.05, 0) is 43.7 Å². The number of hydrogen-bond acceptors (Lipinski definition) is 1. The maximum absolute atomic E-state index is 5.89. The van der Waals surface area contributed by atoms with Crippen LogP contribution < -0.4 is 4.74 Å². The van der Waals surface area contributed by atoms with E-state index in [2.05, 4.69) is 38.1 Å². The van der Waals surface area contributed by atoms with E-state index in [-0.39, 0.29) is 0 Å². The van der Waals surface area contributed by atoms with Gasteiger partial charge in [-0.1, -0.05) is 76.0 Å². The molecule has 0 heterocycles. The summed E-state index contributed by atoms with van der Waals surface area (Å²) in [7, 11) is 0. The minimum atomic E-state index is 0.876. The third-order valence-corrected chi connectivity index (χ3v) is 5.25. The molecule has 1 heteroatoms. The van der Waals surface area contributed by atoms with Crippen molar-refractivity contribution in [2.45, 2.75) is 78.1 Å². The van der Waals surface area contributed by atoms with Gasteiger partial charge in [0.25, 0.3) is 0 Å². The van der Waals surface area contributed by atoms with Gasteiger partial charge in [-0.25, -0.2) is 0 Å². The van der Waals surface area contributed by atoms with Crippen molar-refractivity contribution in [3.63, 3.8) is 0 Å². The van der Waals surface area contributed by atoms with Crippen molar-refractivity contribution in [2.24, 2.45) is 11.8 Å². The second-order valence-corrected chi connectivity index (χ2v) is 7.10. The summed E-state index contributed by atoms with van der Waals surface area (Å²) in [5, 5.41) is 0. The summed E-state index contributed by atoms with van der Waals surface area (Å²) in [6.07, 6.45) is 14.1. The summed E-state index contributed by atoms with van der Waals surface area (Å²) in [5.74, 6) is 2.99. The molecule has 22 heavy (non-hydrogen) atoms. The fraction of sp³-hybridized carbons (Fsp3) is 0.714. The molecule has 2 atom stereocenters. The Labute approximate surface area is 137 Å². The molecule has 0 amide bonds. The second-order valence-electron chi connectivity index (χ2n) is 7.10. The third kappa shape index (κ3) is 6.02. The van der Waals surface area contributed by atoms with Gasteiger partial charge in [-0.2, -0.15) is 0 Å². The molecular weight excluding hydrogens is 268 g/mol. The lowest BCUT2D eigenvalue weighted by Gasteiger charge is -2.31. The van der Waals surface area contributed by atoms with Crippen molar-refractivity contribution in [1.29, 1.82) is 0 Å². The van der Waals surface area contributed by atoms with Crippen molar-refractivity contribution in [3.05, 3.63) is 29.8 Å². The fourth-order valence-corrected chi connectivity index (χ4v) is 3.87. The largest absolute Gasteiger partial charge is 0.494 e. The molecule has 1 aromatic rings. The molecular formula is C21H34O. The molecule has 0 N–H and O–H groups in total. The average Bonchev–Trinajstić information content (AvgIpc) is 2.55. The molecule has 2 unspecified atom stereocenters. The van der Waals surface area contributed by atoms with E-state index in [1.165, 1.54) is 69.8 Å². The zero-order valence-electron chi connectivity index (χ0n) is 14.7. The Morgan fingerprint density at radius 2 is 1.55 bits per heavy atom. The highest BCUT2D eigenvalue weighted by atomic mass is 16.5. The Kier molecular flexibility index (Phi) is 7.83. The number of benzene rings is 1. The SMILES string of the molecule is CCCCCC1CCCCC1CCCOc1ccc(C)cc1. The highest BCUT2D eigenvalue weighted by Gasteiger charge is 2.24. The predicted octanol–water partition coefficient (Wildman–Crippen LogP) is 6.54. The van der Waals surface area contributed by atoms with Gasteiger partial charge < -0.3 is 4.74 Å². The molecule has 1 aliphatic carbocycles. The smallest absolute Gasteiger partial charge is 0.119 e. The number of unbranched alkanes of at least 4 members (excludes halogenated alkanes) is 2. The summed E-state index contributed by atoms with van der Waals surface area (Å²) in [5.41, 5.74) is 1.30. The first-order chi connectivity index (χ1) is 10.8. The standard InChI is InChI=1S/C21H34O/c1-3-4-5-9-19-10-6-7-11-20(19)12-8-17-22-21-15-13-18(2)14-16-21/h13-16,19-20H,3-12,17H2,1-2H3. The van der Waals surface area contributed by atoms with Crippen LogP contribution in [0.4, 0.5) is 0 Å². The minimum Gasteiger partial charge on any atom is -0.494 e. The lowest BCUT2D eigenvalue weighted by molar-refractivity contribution is 0.190. The van der Waals surface area contributed by atoms with Gasteiger partial charge in [-0.15, -0.1) is 0 Å². The second kappa shape index (κ2) is 9.92. The molecule has 0 aliphatic heterocycles. The van der Waals surface area contributed by atoms with E-state index < -0.39 is 0 Å². The van der Waals surface area contributed by atoms with Crippen molar-refractivity contribution in [1.82, 2.24) is 0 Å². The van der Waals surface area contributed by atoms with Crippen LogP contribution >= 0.6 is 0 Å². The van der Waals surface area contributed by atoms with Crippen LogP contribution in [0.2, 0.25) is 0 Å². The topological polar surface area (TPSA) is 9.23 Å². The molecule has 1 aromatic carbocycles. The van der Waals surface area contributed by atoms with Gasteiger partial charge in [-0.3, -0.25) is 0 Å². The highest BCUT2D eigenvalue weighted by Crippen LogP contribution is 2.36. The van der Waals surface area contributed by atoms with Crippen LogP contribution in [-0.2, 0) is 0 Å². The lowest BCUT2D eigenvalue weighted by atomic mass is 9.74. The molecule has 1 nitrogen and oxygen atoms in total. The van der Waals surface area contributed by atoms with E-state index >= 15 is 0 Å². The van der Waals surface area contributed by atoms with E-state index in [0.29, 0.717) is 0 Å². The minimum absolute atomic E-state index is 0.876. The van der Waals surface area contributed by atoms with Crippen molar-refractivity contribution in [3.8, 4) is 5.75 Å². The van der Waals surface area contributed by atoms with Crippen LogP contribution in [0.15, 0.2) is 24.3 Å². The van der Waals surface area contributed by atoms with Gasteiger partial charge in [0.1, 0.15) is 5.75 Å². The third-order valence-electron chi connectivity index (χ3n) is 5.25. The number of hydrogen-bond donors (Lipinski definition) is 0. The van der Waals surface area contributed by atoms with Crippen molar-refractivity contribution >= 4 is 0 Å².